The fourth-order valence-corrected chi connectivity index (χ4v) is 1.66. The van der Waals surface area contributed by atoms with Gasteiger partial charge in [-0.3, -0.25) is 4.98 Å². The number of hydrogen-bond donors (Lipinski definition) is 1. The fraction of sp³-hybridized carbons (Fsp3) is 0.250. The molecule has 2 aromatic rings. The van der Waals surface area contributed by atoms with Crippen molar-refractivity contribution in [3.63, 3.8) is 0 Å². The van der Waals surface area contributed by atoms with Crippen molar-refractivity contribution in [1.29, 1.82) is 0 Å². The number of nitrogens with two attached hydrogens (primary N) is 1. The van der Waals surface area contributed by atoms with Crippen LogP contribution in [0, 0.1) is 6.92 Å². The summed E-state index contributed by atoms with van der Waals surface area (Å²) < 4.78 is 5.23. The highest BCUT2D eigenvalue weighted by atomic mass is 16.3. The molecule has 2 heterocycles. The van der Waals surface area contributed by atoms with Gasteiger partial charge in [0.25, 0.3) is 0 Å². The maximum absolute atomic E-state index is 6.09. The summed E-state index contributed by atoms with van der Waals surface area (Å²) in [6.45, 7) is 1.93. The molecule has 0 radical (unpaired) electrons. The number of nitrogens with zero attached hydrogens (tertiary/aromatic N) is 1. The SMILES string of the molecule is Cc1occc1C(N)Cc1ccncc1. The maximum atomic E-state index is 6.09. The van der Waals surface area contributed by atoms with Gasteiger partial charge >= 0.3 is 0 Å². The van der Waals surface area contributed by atoms with E-state index in [9.17, 15) is 0 Å². The van der Waals surface area contributed by atoms with E-state index >= 15 is 0 Å². The van der Waals surface area contributed by atoms with Crippen LogP contribution in [-0.2, 0) is 6.42 Å². The highest BCUT2D eigenvalue weighted by Crippen LogP contribution is 2.19. The Morgan fingerprint density at radius 1 is 1.33 bits per heavy atom. The summed E-state index contributed by atoms with van der Waals surface area (Å²) in [6.07, 6.45) is 6.05. The van der Waals surface area contributed by atoms with Crippen LogP contribution in [0.2, 0.25) is 0 Å². The second kappa shape index (κ2) is 4.28. The molecule has 0 spiro atoms. The number of hydrogen-bond acceptors (Lipinski definition) is 3. The molecule has 0 aromatic carbocycles. The summed E-state index contributed by atoms with van der Waals surface area (Å²) in [4.78, 5) is 3.97. The van der Waals surface area contributed by atoms with Crippen LogP contribution < -0.4 is 5.73 Å². The maximum Gasteiger partial charge on any atom is 0.105 e. The molecule has 1 atom stereocenters. The number of rotatable bonds is 3. The minimum Gasteiger partial charge on any atom is -0.469 e. The lowest BCUT2D eigenvalue weighted by molar-refractivity contribution is 0.524. The van der Waals surface area contributed by atoms with Crippen molar-refractivity contribution in [2.75, 3.05) is 0 Å². The van der Waals surface area contributed by atoms with Gasteiger partial charge in [-0.1, -0.05) is 0 Å². The van der Waals surface area contributed by atoms with Crippen molar-refractivity contribution >= 4 is 0 Å². The number of pyridine rings is 1. The Labute approximate surface area is 88.9 Å². The molecule has 0 bridgehead atoms. The normalized spacial score (nSPS) is 12.7. The monoisotopic (exact) mass is 202 g/mol. The van der Waals surface area contributed by atoms with E-state index in [0.29, 0.717) is 0 Å². The molecule has 0 amide bonds. The van der Waals surface area contributed by atoms with Crippen LogP contribution in [0.5, 0.6) is 0 Å². The van der Waals surface area contributed by atoms with Gasteiger partial charge in [0, 0.05) is 24.0 Å². The molecule has 78 valence electrons. The summed E-state index contributed by atoms with van der Waals surface area (Å²) in [7, 11) is 0. The molecular formula is C12H14N2O. The average molecular weight is 202 g/mol. The van der Waals surface area contributed by atoms with Gasteiger partial charge in [0.2, 0.25) is 0 Å². The quantitative estimate of drug-likeness (QED) is 0.830. The topological polar surface area (TPSA) is 52.0 Å². The molecule has 1 unspecified atom stereocenters. The molecular weight excluding hydrogens is 188 g/mol. The third-order valence-corrected chi connectivity index (χ3v) is 2.50. The average Bonchev–Trinajstić information content (AvgIpc) is 2.66. The van der Waals surface area contributed by atoms with Gasteiger partial charge in [-0.15, -0.1) is 0 Å². The van der Waals surface area contributed by atoms with Crippen LogP contribution in [-0.4, -0.2) is 4.98 Å². The van der Waals surface area contributed by atoms with Crippen LogP contribution in [0.3, 0.4) is 0 Å². The van der Waals surface area contributed by atoms with E-state index in [1.54, 1.807) is 18.7 Å². The van der Waals surface area contributed by atoms with Crippen LogP contribution >= 0.6 is 0 Å². The highest BCUT2D eigenvalue weighted by Gasteiger charge is 2.11. The second-order valence-electron chi connectivity index (χ2n) is 3.60. The van der Waals surface area contributed by atoms with Crippen molar-refractivity contribution < 1.29 is 4.42 Å². The molecule has 0 aliphatic heterocycles. The predicted octanol–water partition coefficient (Wildman–Crippen LogP) is 2.23. The molecule has 0 saturated heterocycles. The van der Waals surface area contributed by atoms with Gasteiger partial charge < -0.3 is 10.2 Å². The van der Waals surface area contributed by atoms with E-state index in [1.165, 1.54) is 5.56 Å². The summed E-state index contributed by atoms with van der Waals surface area (Å²) in [5.74, 6) is 0.900. The standard InChI is InChI=1S/C12H14N2O/c1-9-11(4-7-15-9)12(13)8-10-2-5-14-6-3-10/h2-7,12H,8,13H2,1H3. The minimum absolute atomic E-state index is 0.00819. The number of aromatic nitrogens is 1. The Bertz CT molecular complexity index is 422. The van der Waals surface area contributed by atoms with E-state index < -0.39 is 0 Å². The second-order valence-corrected chi connectivity index (χ2v) is 3.60. The third-order valence-electron chi connectivity index (χ3n) is 2.50. The Hall–Kier alpha value is -1.61. The van der Waals surface area contributed by atoms with Crippen LogP contribution in [0.25, 0.3) is 0 Å². The van der Waals surface area contributed by atoms with E-state index in [2.05, 4.69) is 4.98 Å². The lowest BCUT2D eigenvalue weighted by Gasteiger charge is -2.10. The molecule has 3 heteroatoms. The third kappa shape index (κ3) is 2.25. The molecule has 2 aromatic heterocycles. The van der Waals surface area contributed by atoms with Crippen molar-refractivity contribution in [2.45, 2.75) is 19.4 Å². The number of furan rings is 1. The molecule has 0 saturated carbocycles. The van der Waals surface area contributed by atoms with Gasteiger partial charge in [0.05, 0.1) is 6.26 Å². The Morgan fingerprint density at radius 2 is 2.07 bits per heavy atom. The van der Waals surface area contributed by atoms with Crippen molar-refractivity contribution in [2.24, 2.45) is 5.73 Å². The molecule has 3 nitrogen and oxygen atoms in total. The van der Waals surface area contributed by atoms with E-state index in [-0.39, 0.29) is 6.04 Å². The summed E-state index contributed by atoms with van der Waals surface area (Å²) >= 11 is 0. The molecule has 2 rings (SSSR count). The van der Waals surface area contributed by atoms with Gasteiger partial charge in [-0.2, -0.15) is 0 Å². The van der Waals surface area contributed by atoms with Crippen LogP contribution in [0.15, 0.2) is 41.3 Å². The zero-order chi connectivity index (χ0) is 10.7. The minimum atomic E-state index is -0.00819. The molecule has 0 aliphatic carbocycles. The van der Waals surface area contributed by atoms with Gasteiger partial charge in [0.1, 0.15) is 5.76 Å². The van der Waals surface area contributed by atoms with E-state index in [0.717, 1.165) is 17.7 Å². The smallest absolute Gasteiger partial charge is 0.105 e. The van der Waals surface area contributed by atoms with Crippen LogP contribution in [0.1, 0.15) is 22.9 Å². The van der Waals surface area contributed by atoms with Gasteiger partial charge in [-0.25, -0.2) is 0 Å². The zero-order valence-corrected chi connectivity index (χ0v) is 8.68. The van der Waals surface area contributed by atoms with E-state index in [1.807, 2.05) is 25.1 Å². The Kier molecular flexibility index (Phi) is 2.83. The highest BCUT2D eigenvalue weighted by molar-refractivity contribution is 5.23. The first-order chi connectivity index (χ1) is 7.27. The van der Waals surface area contributed by atoms with Crippen molar-refractivity contribution in [3.05, 3.63) is 53.7 Å². The Balaban J connectivity index is 2.11. The summed E-state index contributed by atoms with van der Waals surface area (Å²) in [5.41, 5.74) is 8.36. The first kappa shape index (κ1) is 9.93. The van der Waals surface area contributed by atoms with Crippen LogP contribution in [0.4, 0.5) is 0 Å². The number of aryl methyl sites for hydroxylation is 1. The van der Waals surface area contributed by atoms with Crippen molar-refractivity contribution in [1.82, 2.24) is 4.98 Å². The molecule has 0 aliphatic rings. The van der Waals surface area contributed by atoms with Gasteiger partial charge in [0.15, 0.2) is 0 Å². The Morgan fingerprint density at radius 3 is 2.67 bits per heavy atom. The molecule has 15 heavy (non-hydrogen) atoms. The molecule has 0 fully saturated rings. The largest absolute Gasteiger partial charge is 0.469 e. The van der Waals surface area contributed by atoms with Crippen molar-refractivity contribution in [3.8, 4) is 0 Å². The lowest BCUT2D eigenvalue weighted by Crippen LogP contribution is -2.13. The zero-order valence-electron chi connectivity index (χ0n) is 8.68. The first-order valence-corrected chi connectivity index (χ1v) is 4.96. The first-order valence-electron chi connectivity index (χ1n) is 4.96. The molecule has 2 N–H and O–H groups in total. The fourth-order valence-electron chi connectivity index (χ4n) is 1.66. The predicted molar refractivity (Wildman–Crippen MR) is 58.3 cm³/mol. The van der Waals surface area contributed by atoms with E-state index in [4.69, 9.17) is 10.2 Å². The summed E-state index contributed by atoms with van der Waals surface area (Å²) in [6, 6.07) is 5.89. The van der Waals surface area contributed by atoms with Gasteiger partial charge in [-0.05, 0) is 37.1 Å². The lowest BCUT2D eigenvalue weighted by atomic mass is 10.0. The summed E-state index contributed by atoms with van der Waals surface area (Å²) in [5, 5.41) is 0.